The second-order valence-corrected chi connectivity index (χ2v) is 6.11. The largest absolute Gasteiger partial charge is 0.310 e. The zero-order chi connectivity index (χ0) is 14.7. The van der Waals surface area contributed by atoms with Crippen LogP contribution in [-0.2, 0) is 26.2 Å². The number of hydrogen-bond donors (Lipinski definition) is 1. The first-order valence-corrected chi connectivity index (χ1v) is 7.67. The Morgan fingerprint density at radius 1 is 1.10 bits per heavy atom. The van der Waals surface area contributed by atoms with E-state index >= 15 is 0 Å². The Hall–Kier alpha value is -1.71. The number of rotatable bonds is 5. The highest BCUT2D eigenvalue weighted by molar-refractivity contribution is 5.30. The van der Waals surface area contributed by atoms with Crippen LogP contribution in [0.3, 0.4) is 0 Å². The van der Waals surface area contributed by atoms with Crippen molar-refractivity contribution in [3.05, 3.63) is 65.0 Å². The van der Waals surface area contributed by atoms with E-state index in [0.29, 0.717) is 6.04 Å². The molecule has 0 fully saturated rings. The third kappa shape index (κ3) is 3.69. The third-order valence-corrected chi connectivity index (χ3v) is 3.89. The second-order valence-electron chi connectivity index (χ2n) is 6.11. The van der Waals surface area contributed by atoms with E-state index < -0.39 is 0 Å². The van der Waals surface area contributed by atoms with Crippen LogP contribution in [0.4, 0.5) is 0 Å². The minimum absolute atomic E-state index is 0.507. The molecule has 0 saturated heterocycles. The van der Waals surface area contributed by atoms with Gasteiger partial charge >= 0.3 is 0 Å². The lowest BCUT2D eigenvalue weighted by Crippen LogP contribution is -2.22. The molecule has 110 valence electrons. The molecule has 1 aliphatic rings. The molecular formula is C18H23N3. The highest BCUT2D eigenvalue weighted by Crippen LogP contribution is 2.23. The Balaban J connectivity index is 1.57. The molecule has 1 N–H and O–H groups in total. The Kier molecular flexibility index (Phi) is 4.32. The standard InChI is InChI=1S/C18H23N3/c1-14(2)19-9-15-7-8-18(20-10-15)13-21-11-16-5-3-4-6-17(16)12-21/h3-8,10,14,19H,9,11-13H2,1-2H3. The van der Waals surface area contributed by atoms with Gasteiger partial charge in [0.15, 0.2) is 0 Å². The molecule has 2 heterocycles. The predicted molar refractivity (Wildman–Crippen MR) is 85.6 cm³/mol. The first-order valence-electron chi connectivity index (χ1n) is 7.67. The van der Waals surface area contributed by atoms with Crippen LogP contribution >= 0.6 is 0 Å². The quantitative estimate of drug-likeness (QED) is 0.913. The van der Waals surface area contributed by atoms with Gasteiger partial charge < -0.3 is 5.32 Å². The summed E-state index contributed by atoms with van der Waals surface area (Å²) in [6, 6.07) is 13.5. The first-order chi connectivity index (χ1) is 10.2. The molecule has 3 heteroatoms. The summed E-state index contributed by atoms with van der Waals surface area (Å²) in [7, 11) is 0. The van der Waals surface area contributed by atoms with Gasteiger partial charge in [-0.1, -0.05) is 44.2 Å². The average Bonchev–Trinajstić information content (AvgIpc) is 2.88. The Morgan fingerprint density at radius 3 is 2.38 bits per heavy atom. The van der Waals surface area contributed by atoms with Crippen LogP contribution in [-0.4, -0.2) is 15.9 Å². The summed E-state index contributed by atoms with van der Waals surface area (Å²) in [5.41, 5.74) is 5.30. The van der Waals surface area contributed by atoms with Crippen LogP contribution in [0.15, 0.2) is 42.6 Å². The van der Waals surface area contributed by atoms with Crippen LogP contribution in [0.25, 0.3) is 0 Å². The highest BCUT2D eigenvalue weighted by atomic mass is 15.1. The monoisotopic (exact) mass is 281 g/mol. The van der Waals surface area contributed by atoms with Gasteiger partial charge in [-0.2, -0.15) is 0 Å². The van der Waals surface area contributed by atoms with Crippen LogP contribution < -0.4 is 5.32 Å². The van der Waals surface area contributed by atoms with Crippen molar-refractivity contribution in [2.45, 2.75) is 46.1 Å². The van der Waals surface area contributed by atoms with Gasteiger partial charge in [-0.15, -0.1) is 0 Å². The molecule has 0 atom stereocenters. The SMILES string of the molecule is CC(C)NCc1ccc(CN2Cc3ccccc3C2)nc1. The Labute approximate surface area is 127 Å². The lowest BCUT2D eigenvalue weighted by atomic mass is 10.1. The second kappa shape index (κ2) is 6.37. The van der Waals surface area contributed by atoms with Crippen molar-refractivity contribution >= 4 is 0 Å². The van der Waals surface area contributed by atoms with Crippen molar-refractivity contribution in [1.29, 1.82) is 0 Å². The van der Waals surface area contributed by atoms with Gasteiger partial charge in [-0.25, -0.2) is 0 Å². The molecule has 0 amide bonds. The first kappa shape index (κ1) is 14.2. The number of fused-ring (bicyclic) bond motifs is 1. The summed E-state index contributed by atoms with van der Waals surface area (Å²) >= 11 is 0. The fraction of sp³-hybridized carbons (Fsp3) is 0.389. The Bertz CT molecular complexity index is 565. The van der Waals surface area contributed by atoms with Crippen LogP contribution in [0.1, 0.15) is 36.2 Å². The van der Waals surface area contributed by atoms with Gasteiger partial charge in [-0.05, 0) is 22.8 Å². The molecule has 3 nitrogen and oxygen atoms in total. The van der Waals surface area contributed by atoms with Crippen molar-refractivity contribution in [3.63, 3.8) is 0 Å². The molecule has 0 radical (unpaired) electrons. The molecular weight excluding hydrogens is 258 g/mol. The minimum Gasteiger partial charge on any atom is -0.310 e. The maximum Gasteiger partial charge on any atom is 0.0544 e. The van der Waals surface area contributed by atoms with E-state index in [9.17, 15) is 0 Å². The molecule has 0 saturated carbocycles. The summed E-state index contributed by atoms with van der Waals surface area (Å²) in [6.07, 6.45) is 1.99. The molecule has 0 aliphatic carbocycles. The van der Waals surface area contributed by atoms with E-state index in [0.717, 1.165) is 31.9 Å². The summed E-state index contributed by atoms with van der Waals surface area (Å²) in [5, 5.41) is 3.42. The molecule has 0 spiro atoms. The van der Waals surface area contributed by atoms with Crippen LogP contribution in [0, 0.1) is 0 Å². The molecule has 0 bridgehead atoms. The predicted octanol–water partition coefficient (Wildman–Crippen LogP) is 3.10. The molecule has 1 aliphatic heterocycles. The zero-order valence-electron chi connectivity index (χ0n) is 12.8. The van der Waals surface area contributed by atoms with E-state index in [1.54, 1.807) is 0 Å². The lowest BCUT2D eigenvalue weighted by Gasteiger charge is -2.14. The highest BCUT2D eigenvalue weighted by Gasteiger charge is 2.18. The van der Waals surface area contributed by atoms with Gasteiger partial charge in [0, 0.05) is 38.4 Å². The van der Waals surface area contributed by atoms with Gasteiger partial charge in [0.25, 0.3) is 0 Å². The molecule has 0 unspecified atom stereocenters. The smallest absolute Gasteiger partial charge is 0.0544 e. The van der Waals surface area contributed by atoms with E-state index in [4.69, 9.17) is 0 Å². The fourth-order valence-corrected chi connectivity index (χ4v) is 2.72. The average molecular weight is 281 g/mol. The van der Waals surface area contributed by atoms with Crippen LogP contribution in [0.2, 0.25) is 0 Å². The maximum atomic E-state index is 4.60. The summed E-state index contributed by atoms with van der Waals surface area (Å²) in [4.78, 5) is 7.04. The third-order valence-electron chi connectivity index (χ3n) is 3.89. The summed E-state index contributed by atoms with van der Waals surface area (Å²) in [5.74, 6) is 0. The zero-order valence-corrected chi connectivity index (χ0v) is 12.8. The number of aromatic nitrogens is 1. The molecule has 1 aromatic heterocycles. The topological polar surface area (TPSA) is 28.2 Å². The van der Waals surface area contributed by atoms with E-state index in [1.807, 2.05) is 6.20 Å². The van der Waals surface area contributed by atoms with Crippen molar-refractivity contribution in [2.75, 3.05) is 0 Å². The molecule has 21 heavy (non-hydrogen) atoms. The molecule has 1 aromatic carbocycles. The van der Waals surface area contributed by atoms with E-state index in [-0.39, 0.29) is 0 Å². The van der Waals surface area contributed by atoms with Crippen LogP contribution in [0.5, 0.6) is 0 Å². The van der Waals surface area contributed by atoms with Crippen molar-refractivity contribution in [3.8, 4) is 0 Å². The number of nitrogens with zero attached hydrogens (tertiary/aromatic N) is 2. The number of nitrogens with one attached hydrogen (secondary N) is 1. The minimum atomic E-state index is 0.507. The van der Waals surface area contributed by atoms with Gasteiger partial charge in [0.05, 0.1) is 5.69 Å². The number of benzene rings is 1. The van der Waals surface area contributed by atoms with E-state index in [2.05, 4.69) is 65.4 Å². The molecule has 2 aromatic rings. The van der Waals surface area contributed by atoms with Gasteiger partial charge in [0.2, 0.25) is 0 Å². The van der Waals surface area contributed by atoms with Crippen molar-refractivity contribution < 1.29 is 0 Å². The van der Waals surface area contributed by atoms with E-state index in [1.165, 1.54) is 16.7 Å². The maximum absolute atomic E-state index is 4.60. The van der Waals surface area contributed by atoms with Gasteiger partial charge in [-0.3, -0.25) is 9.88 Å². The van der Waals surface area contributed by atoms with Crippen molar-refractivity contribution in [1.82, 2.24) is 15.2 Å². The number of pyridine rings is 1. The fourth-order valence-electron chi connectivity index (χ4n) is 2.72. The normalized spacial score (nSPS) is 14.6. The summed E-state index contributed by atoms with van der Waals surface area (Å²) < 4.78 is 0. The lowest BCUT2D eigenvalue weighted by molar-refractivity contribution is 0.272. The van der Waals surface area contributed by atoms with Gasteiger partial charge in [0.1, 0.15) is 0 Å². The Morgan fingerprint density at radius 2 is 1.81 bits per heavy atom. The van der Waals surface area contributed by atoms with Crippen molar-refractivity contribution in [2.24, 2.45) is 0 Å². The summed E-state index contributed by atoms with van der Waals surface area (Å²) in [6.45, 7) is 8.20. The molecule has 3 rings (SSSR count). The number of hydrogen-bond acceptors (Lipinski definition) is 3.